The van der Waals surface area contributed by atoms with Gasteiger partial charge in [0.2, 0.25) is 5.91 Å². The van der Waals surface area contributed by atoms with Gasteiger partial charge in [-0.1, -0.05) is 0 Å². The van der Waals surface area contributed by atoms with Crippen molar-refractivity contribution in [2.24, 2.45) is 5.92 Å². The Bertz CT molecular complexity index is 462. The zero-order valence-corrected chi connectivity index (χ0v) is 12.9. The molecule has 130 valence electrons. The van der Waals surface area contributed by atoms with E-state index >= 15 is 0 Å². The summed E-state index contributed by atoms with van der Waals surface area (Å²) in [6.45, 7) is 0.758. The van der Waals surface area contributed by atoms with Crippen LogP contribution in [0.4, 0.5) is 13.2 Å². The summed E-state index contributed by atoms with van der Waals surface area (Å²) in [5, 5.41) is 21.3. The van der Waals surface area contributed by atoms with Crippen LogP contribution in [0.2, 0.25) is 0 Å². The number of carbonyl (C=O) groups excluding carboxylic acids is 1. The lowest BCUT2D eigenvalue weighted by Gasteiger charge is -2.34. The number of likely N-dealkylation sites (tertiary alicyclic amines) is 1. The molecule has 2 fully saturated rings. The fourth-order valence-corrected chi connectivity index (χ4v) is 3.45. The Morgan fingerprint density at radius 2 is 1.91 bits per heavy atom. The molecule has 1 amide bonds. The van der Waals surface area contributed by atoms with Crippen LogP contribution < -0.4 is 5.32 Å². The molecule has 0 bridgehead atoms. The number of nitrogens with one attached hydrogen (secondary N) is 1. The molecule has 1 heterocycles. The minimum Gasteiger partial charge on any atom is -0.383 e. The number of hydrogen-bond acceptors (Lipinski definition) is 4. The molecule has 2 aliphatic rings. The highest BCUT2D eigenvalue weighted by atomic mass is 19.4. The molecule has 1 aliphatic carbocycles. The van der Waals surface area contributed by atoms with E-state index in [4.69, 9.17) is 0 Å². The highest BCUT2D eigenvalue weighted by Crippen LogP contribution is 2.32. The van der Waals surface area contributed by atoms with Crippen molar-refractivity contribution < 1.29 is 23.1 Å². The number of halogens is 3. The first-order valence-electron chi connectivity index (χ1n) is 7.95. The van der Waals surface area contributed by atoms with Gasteiger partial charge in [0, 0.05) is 0 Å². The standard InChI is InChI=1S/C15H22F3N3O2/c16-15(17,18)13(23)11-3-7-21(8-4-11)9-12(22)20-14(10-19)5-1-2-6-14/h11,13,23H,1-9H2,(H,20,22). The third-order valence-corrected chi connectivity index (χ3v) is 4.83. The van der Waals surface area contributed by atoms with Gasteiger partial charge in [0.15, 0.2) is 6.10 Å². The van der Waals surface area contributed by atoms with Crippen LogP contribution in [0, 0.1) is 17.2 Å². The predicted octanol–water partition coefficient (Wildman–Crippen LogP) is 1.57. The molecular formula is C15H22F3N3O2. The Morgan fingerprint density at radius 1 is 1.35 bits per heavy atom. The van der Waals surface area contributed by atoms with E-state index in [-0.39, 0.29) is 25.3 Å². The largest absolute Gasteiger partial charge is 0.414 e. The SMILES string of the molecule is N#CC1(NC(=O)CN2CCC(C(O)C(F)(F)F)CC2)CCCC1. The van der Waals surface area contributed by atoms with Gasteiger partial charge < -0.3 is 10.4 Å². The zero-order chi connectivity index (χ0) is 17.1. The first-order valence-corrected chi connectivity index (χ1v) is 7.95. The van der Waals surface area contributed by atoms with E-state index in [2.05, 4.69) is 11.4 Å². The lowest BCUT2D eigenvalue weighted by Crippen LogP contribution is -2.51. The number of rotatable bonds is 4. The van der Waals surface area contributed by atoms with Gasteiger partial charge in [-0.15, -0.1) is 0 Å². The molecule has 2 rings (SSSR count). The first kappa shape index (κ1) is 18.0. The monoisotopic (exact) mass is 333 g/mol. The number of amides is 1. The van der Waals surface area contributed by atoms with Gasteiger partial charge in [-0.25, -0.2) is 0 Å². The van der Waals surface area contributed by atoms with Crippen molar-refractivity contribution in [2.75, 3.05) is 19.6 Å². The van der Waals surface area contributed by atoms with Gasteiger partial charge in [-0.2, -0.15) is 18.4 Å². The van der Waals surface area contributed by atoms with E-state index in [0.29, 0.717) is 25.9 Å². The molecule has 0 radical (unpaired) electrons. The first-order chi connectivity index (χ1) is 10.8. The Hall–Kier alpha value is -1.33. The number of aliphatic hydroxyl groups is 1. The van der Waals surface area contributed by atoms with Crippen molar-refractivity contribution in [1.29, 1.82) is 5.26 Å². The van der Waals surface area contributed by atoms with Gasteiger partial charge in [-0.05, 0) is 57.5 Å². The summed E-state index contributed by atoms with van der Waals surface area (Å²) in [4.78, 5) is 13.8. The topological polar surface area (TPSA) is 76.4 Å². The van der Waals surface area contributed by atoms with Gasteiger partial charge in [0.25, 0.3) is 0 Å². The number of alkyl halides is 3. The minimum absolute atomic E-state index is 0.0816. The highest BCUT2D eigenvalue weighted by Gasteiger charge is 2.44. The van der Waals surface area contributed by atoms with Crippen molar-refractivity contribution >= 4 is 5.91 Å². The second-order valence-electron chi connectivity index (χ2n) is 6.55. The van der Waals surface area contributed by atoms with E-state index in [1.165, 1.54) is 0 Å². The summed E-state index contributed by atoms with van der Waals surface area (Å²) in [6, 6.07) is 2.18. The van der Waals surface area contributed by atoms with Gasteiger partial charge in [-0.3, -0.25) is 9.69 Å². The molecule has 5 nitrogen and oxygen atoms in total. The summed E-state index contributed by atoms with van der Waals surface area (Å²) in [5.74, 6) is -1.07. The molecule has 23 heavy (non-hydrogen) atoms. The number of carbonyl (C=O) groups is 1. The molecule has 1 saturated heterocycles. The number of piperidine rings is 1. The van der Waals surface area contributed by atoms with Gasteiger partial charge >= 0.3 is 6.18 Å². The average Bonchev–Trinajstić information content (AvgIpc) is 2.95. The van der Waals surface area contributed by atoms with Crippen LogP contribution in [-0.2, 0) is 4.79 Å². The Morgan fingerprint density at radius 3 is 2.39 bits per heavy atom. The predicted molar refractivity (Wildman–Crippen MR) is 76.2 cm³/mol. The molecule has 8 heteroatoms. The van der Waals surface area contributed by atoms with Crippen molar-refractivity contribution in [1.82, 2.24) is 10.2 Å². The Kier molecular flexibility index (Phi) is 5.53. The van der Waals surface area contributed by atoms with Crippen molar-refractivity contribution in [3.63, 3.8) is 0 Å². The second kappa shape index (κ2) is 7.05. The summed E-state index contributed by atoms with van der Waals surface area (Å²) in [5.41, 5.74) is -0.776. The van der Waals surface area contributed by atoms with Crippen molar-refractivity contribution in [3.8, 4) is 6.07 Å². The lowest BCUT2D eigenvalue weighted by molar-refractivity contribution is -0.223. The van der Waals surface area contributed by atoms with E-state index in [1.807, 2.05) is 0 Å². The maximum atomic E-state index is 12.5. The molecule has 2 N–H and O–H groups in total. The molecule has 1 aliphatic heterocycles. The Balaban J connectivity index is 1.78. The van der Waals surface area contributed by atoms with Crippen molar-refractivity contribution in [2.45, 2.75) is 56.3 Å². The van der Waals surface area contributed by atoms with Crippen LogP contribution >= 0.6 is 0 Å². The maximum Gasteiger partial charge on any atom is 0.414 e. The second-order valence-corrected chi connectivity index (χ2v) is 6.55. The highest BCUT2D eigenvalue weighted by molar-refractivity contribution is 5.79. The third-order valence-electron chi connectivity index (χ3n) is 4.83. The molecule has 1 saturated carbocycles. The van der Waals surface area contributed by atoms with Gasteiger partial charge in [0.05, 0.1) is 12.6 Å². The molecule has 0 aromatic heterocycles. The molecule has 0 aromatic carbocycles. The van der Waals surface area contributed by atoms with E-state index in [0.717, 1.165) is 12.8 Å². The van der Waals surface area contributed by atoms with Crippen LogP contribution in [0.5, 0.6) is 0 Å². The molecule has 0 aromatic rings. The molecular weight excluding hydrogens is 311 g/mol. The number of nitriles is 1. The summed E-state index contributed by atoms with van der Waals surface area (Å²) >= 11 is 0. The lowest BCUT2D eigenvalue weighted by atomic mass is 9.91. The summed E-state index contributed by atoms with van der Waals surface area (Å²) < 4.78 is 37.5. The number of nitrogens with zero attached hydrogens (tertiary/aromatic N) is 2. The van der Waals surface area contributed by atoms with E-state index in [9.17, 15) is 28.3 Å². The van der Waals surface area contributed by atoms with Crippen LogP contribution in [0.1, 0.15) is 38.5 Å². The molecule has 1 atom stereocenters. The maximum absolute atomic E-state index is 12.5. The quantitative estimate of drug-likeness (QED) is 0.819. The van der Waals surface area contributed by atoms with Crippen LogP contribution in [-0.4, -0.2) is 53.4 Å². The van der Waals surface area contributed by atoms with Crippen LogP contribution in [0.25, 0.3) is 0 Å². The van der Waals surface area contributed by atoms with Crippen LogP contribution in [0.15, 0.2) is 0 Å². The molecule has 1 unspecified atom stereocenters. The zero-order valence-electron chi connectivity index (χ0n) is 12.9. The summed E-state index contributed by atoms with van der Waals surface area (Å²) in [6.07, 6.45) is -3.35. The van der Waals surface area contributed by atoms with Gasteiger partial charge in [0.1, 0.15) is 5.54 Å². The van der Waals surface area contributed by atoms with Crippen LogP contribution in [0.3, 0.4) is 0 Å². The normalized spacial score (nSPS) is 24.1. The average molecular weight is 333 g/mol. The third kappa shape index (κ3) is 4.58. The number of hydrogen-bond donors (Lipinski definition) is 2. The minimum atomic E-state index is -4.59. The number of aliphatic hydroxyl groups excluding tert-OH is 1. The Labute approximate surface area is 133 Å². The summed E-state index contributed by atoms with van der Waals surface area (Å²) in [7, 11) is 0. The van der Waals surface area contributed by atoms with E-state index in [1.54, 1.807) is 4.90 Å². The fourth-order valence-electron chi connectivity index (χ4n) is 3.45. The fraction of sp³-hybridized carbons (Fsp3) is 0.867. The molecule has 0 spiro atoms. The van der Waals surface area contributed by atoms with E-state index < -0.39 is 23.7 Å². The van der Waals surface area contributed by atoms with Crippen molar-refractivity contribution in [3.05, 3.63) is 0 Å². The smallest absolute Gasteiger partial charge is 0.383 e.